The van der Waals surface area contributed by atoms with Crippen LogP contribution in [0.25, 0.3) is 0 Å². The number of thioether (sulfide) groups is 3. The summed E-state index contributed by atoms with van der Waals surface area (Å²) in [5.41, 5.74) is 11.5. The Hall–Kier alpha value is -2.83. The molecule has 0 aliphatic carbocycles. The number of nitrogens with zero attached hydrogens (tertiary/aromatic N) is 5. The first-order chi connectivity index (χ1) is 18.6. The van der Waals surface area contributed by atoms with Crippen LogP contribution >= 0.6 is 58.2 Å². The first-order valence-electron chi connectivity index (χ1n) is 11.0. The number of carbonyl (C=O) groups is 3. The van der Waals surface area contributed by atoms with E-state index in [9.17, 15) is 24.7 Å². The first kappa shape index (κ1) is 29.2. The molecular weight excluding hydrogens is 608 g/mol. The van der Waals surface area contributed by atoms with Gasteiger partial charge in [0.15, 0.2) is 16.0 Å². The molecule has 0 unspecified atom stereocenters. The van der Waals surface area contributed by atoms with Gasteiger partial charge in [-0.25, -0.2) is 19.7 Å². The standard InChI is InChI=1S/C21H21ClN8O5S4/c1-8-6-10(26-21(25-8)37-5-3-23)36-4-2-9-7-38-18-13(17(32)30(18)14(9)19(33)34)27-16(31)12(29-35)11-15(22)39-20(24)28-11/h2,4,6,13,18,35H,3,5,7,23H2,1H3,(H2,24,28)(H,27,31)(H,33,34)/b4-2+,29-12+/t13-,18-/m1/s1. The summed E-state index contributed by atoms with van der Waals surface area (Å²) in [7, 11) is 0. The highest BCUT2D eigenvalue weighted by atomic mass is 35.5. The summed E-state index contributed by atoms with van der Waals surface area (Å²) in [5, 5.41) is 27.1. The number of nitrogens with one attached hydrogen (secondary N) is 1. The third-order valence-electron chi connectivity index (χ3n) is 5.25. The monoisotopic (exact) mass is 628 g/mol. The van der Waals surface area contributed by atoms with Gasteiger partial charge in [-0.15, -0.1) is 11.8 Å². The van der Waals surface area contributed by atoms with E-state index >= 15 is 0 Å². The fraction of sp³-hybridized carbons (Fsp3) is 0.286. The third kappa shape index (κ3) is 6.33. The number of carbonyl (C=O) groups excluding carboxylic acids is 2. The van der Waals surface area contributed by atoms with Crippen molar-refractivity contribution in [1.82, 2.24) is 25.2 Å². The zero-order valence-corrected chi connectivity index (χ0v) is 24.1. The fourth-order valence-electron chi connectivity index (χ4n) is 3.62. The Labute approximate surface area is 243 Å². The number of hydrogen-bond acceptors (Lipinski definition) is 14. The lowest BCUT2D eigenvalue weighted by Crippen LogP contribution is -2.71. The number of anilines is 1. The highest BCUT2D eigenvalue weighted by molar-refractivity contribution is 8.02. The number of nitrogens with two attached hydrogens (primary N) is 2. The van der Waals surface area contributed by atoms with Crippen molar-refractivity contribution >= 4 is 86.9 Å². The molecule has 13 nitrogen and oxygen atoms in total. The molecule has 2 aliphatic heterocycles. The minimum atomic E-state index is -1.27. The molecule has 4 heterocycles. The molecule has 0 saturated carbocycles. The highest BCUT2D eigenvalue weighted by Crippen LogP contribution is 2.41. The van der Waals surface area contributed by atoms with Gasteiger partial charge >= 0.3 is 5.97 Å². The highest BCUT2D eigenvalue weighted by Gasteiger charge is 2.54. The molecule has 2 atom stereocenters. The summed E-state index contributed by atoms with van der Waals surface area (Å²) in [6.07, 6.45) is 1.63. The maximum absolute atomic E-state index is 12.9. The maximum Gasteiger partial charge on any atom is 0.352 e. The minimum absolute atomic E-state index is 0.0390. The number of halogens is 1. The Morgan fingerprint density at radius 3 is 2.79 bits per heavy atom. The summed E-state index contributed by atoms with van der Waals surface area (Å²) in [6.45, 7) is 2.35. The smallest absolute Gasteiger partial charge is 0.352 e. The van der Waals surface area contributed by atoms with Crippen LogP contribution in [0.5, 0.6) is 0 Å². The molecule has 0 aromatic carbocycles. The maximum atomic E-state index is 12.9. The molecule has 2 aromatic rings. The van der Waals surface area contributed by atoms with E-state index in [-0.39, 0.29) is 26.6 Å². The summed E-state index contributed by atoms with van der Waals surface area (Å²) in [4.78, 5) is 51.6. The molecule has 1 fully saturated rings. The zero-order chi connectivity index (χ0) is 28.3. The number of aromatic nitrogens is 3. The molecule has 0 spiro atoms. The first-order valence-corrected chi connectivity index (χ1v) is 15.1. The molecule has 206 valence electrons. The average molecular weight is 629 g/mol. The molecule has 4 rings (SSSR count). The Bertz CT molecular complexity index is 1410. The molecule has 0 radical (unpaired) electrons. The normalized spacial score (nSPS) is 19.3. The van der Waals surface area contributed by atoms with Crippen molar-refractivity contribution in [3.8, 4) is 0 Å². The van der Waals surface area contributed by atoms with Gasteiger partial charge in [0.25, 0.3) is 11.8 Å². The average Bonchev–Trinajstić information content (AvgIpc) is 3.22. The molecule has 2 amide bonds. The van der Waals surface area contributed by atoms with Crippen LogP contribution in [0, 0.1) is 6.92 Å². The number of aryl methyl sites for hydroxylation is 1. The Balaban J connectivity index is 1.47. The fourth-order valence-corrected chi connectivity index (χ4v) is 7.34. The molecule has 7 N–H and O–H groups in total. The number of carboxylic acids is 1. The second kappa shape index (κ2) is 12.6. The van der Waals surface area contributed by atoms with Crippen LogP contribution in [0.4, 0.5) is 5.13 Å². The van der Waals surface area contributed by atoms with E-state index < -0.39 is 34.9 Å². The zero-order valence-electron chi connectivity index (χ0n) is 20.0. The number of carboxylic acid groups (broad SMARTS) is 1. The van der Waals surface area contributed by atoms with Crippen LogP contribution in [0.2, 0.25) is 4.34 Å². The molecule has 18 heteroatoms. The number of aliphatic carboxylic acids is 1. The number of hydrogen-bond donors (Lipinski definition) is 5. The van der Waals surface area contributed by atoms with Gasteiger partial charge in [-0.2, -0.15) is 0 Å². The van der Waals surface area contributed by atoms with Gasteiger partial charge in [0, 0.05) is 23.7 Å². The van der Waals surface area contributed by atoms with Gasteiger partial charge in [0.05, 0.1) is 0 Å². The predicted molar refractivity (Wildman–Crippen MR) is 151 cm³/mol. The molecule has 1 saturated heterocycles. The van der Waals surface area contributed by atoms with Gasteiger partial charge in [0.2, 0.25) is 0 Å². The SMILES string of the molecule is Cc1cc(S/C=C/C2=C(C(=O)O)N3C(=O)[C@@H](NC(=O)/C(=N/O)c4nc(N)sc4Cl)[C@H]3SC2)nc(SCCN)n1. The number of amides is 2. The van der Waals surface area contributed by atoms with Crippen molar-refractivity contribution in [3.63, 3.8) is 0 Å². The van der Waals surface area contributed by atoms with Crippen molar-refractivity contribution in [1.29, 1.82) is 0 Å². The molecule has 2 aromatic heterocycles. The lowest BCUT2D eigenvalue weighted by Gasteiger charge is -2.49. The van der Waals surface area contributed by atoms with E-state index in [4.69, 9.17) is 23.1 Å². The topological polar surface area (TPSA) is 210 Å². The van der Waals surface area contributed by atoms with Gasteiger partial charge in [-0.05, 0) is 30.0 Å². The van der Waals surface area contributed by atoms with Crippen LogP contribution in [0.1, 0.15) is 11.4 Å². The van der Waals surface area contributed by atoms with E-state index in [1.165, 1.54) is 35.3 Å². The van der Waals surface area contributed by atoms with E-state index in [1.807, 2.05) is 13.0 Å². The van der Waals surface area contributed by atoms with Gasteiger partial charge < -0.3 is 27.1 Å². The Morgan fingerprint density at radius 2 is 2.15 bits per heavy atom. The lowest BCUT2D eigenvalue weighted by molar-refractivity contribution is -0.150. The third-order valence-corrected chi connectivity index (χ3v) is 9.23. The van der Waals surface area contributed by atoms with Gasteiger partial charge in [-0.3, -0.25) is 14.5 Å². The van der Waals surface area contributed by atoms with Crippen LogP contribution in [-0.2, 0) is 14.4 Å². The summed E-state index contributed by atoms with van der Waals surface area (Å²) >= 11 is 10.9. The van der Waals surface area contributed by atoms with Crippen molar-refractivity contribution in [2.45, 2.75) is 28.5 Å². The number of fused-ring (bicyclic) bond motifs is 1. The van der Waals surface area contributed by atoms with E-state index in [1.54, 1.807) is 11.5 Å². The van der Waals surface area contributed by atoms with Crippen molar-refractivity contribution < 1.29 is 24.7 Å². The van der Waals surface area contributed by atoms with E-state index in [2.05, 4.69) is 25.4 Å². The predicted octanol–water partition coefficient (Wildman–Crippen LogP) is 1.75. The molecular formula is C21H21ClN8O5S4. The lowest BCUT2D eigenvalue weighted by atomic mass is 10.0. The van der Waals surface area contributed by atoms with Crippen molar-refractivity contribution in [3.05, 3.63) is 44.5 Å². The Morgan fingerprint density at radius 1 is 1.38 bits per heavy atom. The summed E-state index contributed by atoms with van der Waals surface area (Å²) in [5.74, 6) is -1.84. The van der Waals surface area contributed by atoms with E-state index in [0.29, 0.717) is 28.1 Å². The molecule has 2 aliphatic rings. The van der Waals surface area contributed by atoms with Gasteiger partial charge in [0.1, 0.15) is 32.2 Å². The molecule has 0 bridgehead atoms. The quantitative estimate of drug-likeness (QED) is 0.0483. The van der Waals surface area contributed by atoms with E-state index in [0.717, 1.165) is 21.9 Å². The second-order valence-electron chi connectivity index (χ2n) is 7.85. The van der Waals surface area contributed by atoms with Crippen LogP contribution in [-0.4, -0.2) is 83.1 Å². The summed E-state index contributed by atoms with van der Waals surface area (Å²) in [6, 6.07) is 0.764. The van der Waals surface area contributed by atoms with Crippen LogP contribution in [0.3, 0.4) is 0 Å². The van der Waals surface area contributed by atoms with Crippen molar-refractivity contribution in [2.24, 2.45) is 10.9 Å². The van der Waals surface area contributed by atoms with Gasteiger partial charge in [-0.1, -0.05) is 51.6 Å². The second-order valence-corrected chi connectivity index (χ2v) is 12.6. The number of oxime groups is 1. The number of allylic oxidation sites excluding steroid dienone is 1. The largest absolute Gasteiger partial charge is 0.477 e. The number of β-lactam (4-membered cyclic amide) rings is 1. The van der Waals surface area contributed by atoms with Crippen molar-refractivity contribution in [2.75, 3.05) is 23.8 Å². The van der Waals surface area contributed by atoms with Crippen LogP contribution < -0.4 is 16.8 Å². The number of thiazole rings is 1. The summed E-state index contributed by atoms with van der Waals surface area (Å²) < 4.78 is 0.0390. The number of nitrogen functional groups attached to an aromatic ring is 1. The van der Waals surface area contributed by atoms with Crippen LogP contribution in [0.15, 0.2) is 44.2 Å². The Kier molecular flexibility index (Phi) is 9.39. The molecule has 39 heavy (non-hydrogen) atoms. The number of rotatable bonds is 10. The minimum Gasteiger partial charge on any atom is -0.477 e.